The molecule has 1 heterocycles. The quantitative estimate of drug-likeness (QED) is 0.690. The van der Waals surface area contributed by atoms with Crippen molar-refractivity contribution in [3.63, 3.8) is 0 Å². The van der Waals surface area contributed by atoms with Crippen LogP contribution < -0.4 is 0 Å². The van der Waals surface area contributed by atoms with E-state index in [2.05, 4.69) is 25.7 Å². The van der Waals surface area contributed by atoms with Gasteiger partial charge in [0.15, 0.2) is 0 Å². The van der Waals surface area contributed by atoms with Crippen LogP contribution in [-0.4, -0.2) is 31.2 Å². The highest BCUT2D eigenvalue weighted by atomic mass is 15.2. The fourth-order valence-electron chi connectivity index (χ4n) is 3.64. The van der Waals surface area contributed by atoms with E-state index in [1.54, 1.807) is 0 Å². The molecule has 0 aromatic heterocycles. The molecule has 0 aromatic rings. The van der Waals surface area contributed by atoms with Crippen LogP contribution in [0.25, 0.3) is 0 Å². The molecule has 94 valence electrons. The van der Waals surface area contributed by atoms with Crippen LogP contribution >= 0.6 is 0 Å². The zero-order valence-corrected chi connectivity index (χ0v) is 11.5. The van der Waals surface area contributed by atoms with Gasteiger partial charge in [-0.1, -0.05) is 31.5 Å². The van der Waals surface area contributed by atoms with Crippen LogP contribution in [0.5, 0.6) is 0 Å². The molecule has 0 bridgehead atoms. The lowest BCUT2D eigenvalue weighted by Gasteiger charge is -2.43. The molecule has 2 aliphatic rings. The Morgan fingerprint density at radius 3 is 2.76 bits per heavy atom. The number of amidine groups is 1. The van der Waals surface area contributed by atoms with E-state index in [4.69, 9.17) is 13.3 Å². The SMILES string of the molecule is [B]C1(C)CCCC2C(=N)N(C(C)C)CCC2C1. The lowest BCUT2D eigenvalue weighted by Crippen LogP contribution is -2.48. The van der Waals surface area contributed by atoms with Crippen molar-refractivity contribution in [1.82, 2.24) is 4.90 Å². The van der Waals surface area contributed by atoms with Crippen molar-refractivity contribution in [1.29, 1.82) is 5.41 Å². The van der Waals surface area contributed by atoms with E-state index in [9.17, 15) is 0 Å². The molecular formula is C14H25BN2. The van der Waals surface area contributed by atoms with Crippen LogP contribution in [0, 0.1) is 17.2 Å². The summed E-state index contributed by atoms with van der Waals surface area (Å²) < 4.78 is 0. The Kier molecular flexibility index (Phi) is 3.56. The third-order valence-electron chi connectivity index (χ3n) is 4.59. The second-order valence-electron chi connectivity index (χ2n) is 6.58. The summed E-state index contributed by atoms with van der Waals surface area (Å²) in [5.74, 6) is 2.00. The monoisotopic (exact) mass is 232 g/mol. The minimum atomic E-state index is -0.000300. The van der Waals surface area contributed by atoms with Crippen LogP contribution in [0.2, 0.25) is 5.31 Å². The first-order valence-electron chi connectivity index (χ1n) is 7.05. The molecule has 1 saturated carbocycles. The minimum absolute atomic E-state index is 0.000300. The maximum atomic E-state index is 8.41. The molecule has 2 rings (SSSR count). The Bertz CT molecular complexity index is 299. The molecule has 2 fully saturated rings. The Labute approximate surface area is 107 Å². The average Bonchev–Trinajstić information content (AvgIpc) is 2.35. The molecule has 1 aliphatic carbocycles. The van der Waals surface area contributed by atoms with Gasteiger partial charge in [0.05, 0.1) is 13.7 Å². The third-order valence-corrected chi connectivity index (χ3v) is 4.59. The largest absolute Gasteiger partial charge is 0.358 e. The third kappa shape index (κ3) is 2.69. The highest BCUT2D eigenvalue weighted by Gasteiger charge is 2.39. The van der Waals surface area contributed by atoms with E-state index in [1.807, 2.05) is 0 Å². The summed E-state index contributed by atoms with van der Waals surface area (Å²) in [6.07, 6.45) is 5.79. The maximum Gasteiger partial charge on any atom is 0.0994 e. The molecule has 0 amide bonds. The Balaban J connectivity index is 2.12. The van der Waals surface area contributed by atoms with E-state index >= 15 is 0 Å². The average molecular weight is 232 g/mol. The predicted octanol–water partition coefficient (Wildman–Crippen LogP) is 3.23. The molecule has 3 unspecified atom stereocenters. The molecule has 17 heavy (non-hydrogen) atoms. The van der Waals surface area contributed by atoms with Gasteiger partial charge in [0, 0.05) is 18.5 Å². The Morgan fingerprint density at radius 2 is 2.12 bits per heavy atom. The summed E-state index contributed by atoms with van der Waals surface area (Å²) in [7, 11) is 6.34. The van der Waals surface area contributed by atoms with Crippen molar-refractivity contribution in [2.45, 2.75) is 64.2 Å². The first-order chi connectivity index (χ1) is 7.91. The maximum absolute atomic E-state index is 8.41. The van der Waals surface area contributed by atoms with Crippen LogP contribution in [-0.2, 0) is 0 Å². The van der Waals surface area contributed by atoms with E-state index in [-0.39, 0.29) is 5.31 Å². The second kappa shape index (κ2) is 4.66. The number of fused-ring (bicyclic) bond motifs is 1. The van der Waals surface area contributed by atoms with Crippen molar-refractivity contribution in [2.24, 2.45) is 11.8 Å². The van der Waals surface area contributed by atoms with Crippen molar-refractivity contribution in [3.05, 3.63) is 0 Å². The van der Waals surface area contributed by atoms with Crippen LogP contribution in [0.4, 0.5) is 0 Å². The number of rotatable bonds is 1. The van der Waals surface area contributed by atoms with Crippen molar-refractivity contribution >= 4 is 13.7 Å². The molecule has 0 spiro atoms. The molecule has 1 saturated heterocycles. The van der Waals surface area contributed by atoms with E-state index in [1.165, 1.54) is 19.3 Å². The van der Waals surface area contributed by atoms with E-state index in [0.717, 1.165) is 25.2 Å². The molecule has 0 aromatic carbocycles. The lowest BCUT2D eigenvalue weighted by molar-refractivity contribution is 0.209. The molecule has 1 N–H and O–H groups in total. The van der Waals surface area contributed by atoms with Crippen LogP contribution in [0.3, 0.4) is 0 Å². The number of likely N-dealkylation sites (tertiary alicyclic amines) is 1. The number of piperidine rings is 1. The lowest BCUT2D eigenvalue weighted by atomic mass is 9.62. The van der Waals surface area contributed by atoms with Gasteiger partial charge in [-0.2, -0.15) is 0 Å². The van der Waals surface area contributed by atoms with Gasteiger partial charge < -0.3 is 4.90 Å². The van der Waals surface area contributed by atoms with Gasteiger partial charge in [-0.25, -0.2) is 0 Å². The van der Waals surface area contributed by atoms with E-state index < -0.39 is 0 Å². The van der Waals surface area contributed by atoms with Crippen molar-refractivity contribution in [2.75, 3.05) is 6.54 Å². The number of nitrogens with one attached hydrogen (secondary N) is 1. The van der Waals surface area contributed by atoms with Gasteiger partial charge >= 0.3 is 0 Å². The summed E-state index contributed by atoms with van der Waals surface area (Å²) >= 11 is 0. The van der Waals surface area contributed by atoms with Gasteiger partial charge in [-0.15, -0.1) is 0 Å². The zero-order chi connectivity index (χ0) is 12.6. The minimum Gasteiger partial charge on any atom is -0.358 e. The van der Waals surface area contributed by atoms with Crippen LogP contribution in [0.15, 0.2) is 0 Å². The van der Waals surface area contributed by atoms with Crippen molar-refractivity contribution in [3.8, 4) is 0 Å². The molecule has 2 radical (unpaired) electrons. The smallest absolute Gasteiger partial charge is 0.0994 e. The summed E-state index contributed by atoms with van der Waals surface area (Å²) in [5, 5.41) is 8.41. The Morgan fingerprint density at radius 1 is 1.41 bits per heavy atom. The standard InChI is InChI=1S/C14H25BN2/c1-10(2)17-8-6-11-9-14(3,15)7-4-5-12(11)13(17)16/h10-12,16H,4-9H2,1-3H3. The first-order valence-corrected chi connectivity index (χ1v) is 7.05. The number of hydrogen-bond donors (Lipinski definition) is 1. The van der Waals surface area contributed by atoms with Gasteiger partial charge in [-0.05, 0) is 32.6 Å². The van der Waals surface area contributed by atoms with Gasteiger partial charge in [-0.3, -0.25) is 5.41 Å². The molecule has 3 heteroatoms. The topological polar surface area (TPSA) is 27.1 Å². The first kappa shape index (κ1) is 13.0. The highest BCUT2D eigenvalue weighted by Crippen LogP contribution is 2.46. The zero-order valence-electron chi connectivity index (χ0n) is 11.5. The highest BCUT2D eigenvalue weighted by molar-refractivity contribution is 6.14. The molecule has 1 aliphatic heterocycles. The predicted molar refractivity (Wildman–Crippen MR) is 73.8 cm³/mol. The normalized spacial score (nSPS) is 39.1. The summed E-state index contributed by atoms with van der Waals surface area (Å²) in [5.41, 5.74) is 0. The molecule has 3 atom stereocenters. The van der Waals surface area contributed by atoms with Crippen molar-refractivity contribution < 1.29 is 0 Å². The fraction of sp³-hybridized carbons (Fsp3) is 0.929. The van der Waals surface area contributed by atoms with E-state index in [0.29, 0.717) is 17.9 Å². The van der Waals surface area contributed by atoms with Gasteiger partial charge in [0.1, 0.15) is 0 Å². The summed E-state index contributed by atoms with van der Waals surface area (Å²) in [6, 6.07) is 0.468. The molecular weight excluding hydrogens is 207 g/mol. The fourth-order valence-corrected chi connectivity index (χ4v) is 3.64. The summed E-state index contributed by atoms with van der Waals surface area (Å²) in [4.78, 5) is 2.28. The number of nitrogens with zero attached hydrogens (tertiary/aromatic N) is 1. The van der Waals surface area contributed by atoms with Gasteiger partial charge in [0.2, 0.25) is 0 Å². The van der Waals surface area contributed by atoms with Gasteiger partial charge in [0.25, 0.3) is 0 Å². The Hall–Kier alpha value is -0.465. The second-order valence-corrected chi connectivity index (χ2v) is 6.58. The number of hydrogen-bond acceptors (Lipinski definition) is 1. The summed E-state index contributed by atoms with van der Waals surface area (Å²) in [6.45, 7) is 7.62. The van der Waals surface area contributed by atoms with Crippen LogP contribution in [0.1, 0.15) is 52.9 Å². The molecule has 2 nitrogen and oxygen atoms in total.